The highest BCUT2D eigenvalue weighted by Gasteiger charge is 2.03. The standard InChI is InChI=1S/C12H14BrN3O/c1-9-7-11(13)8-16(12(9)17)6-5-15-4-3-14-10(15)2/h3-4,7-8H,5-6H2,1-2H3. The van der Waals surface area contributed by atoms with Crippen molar-refractivity contribution < 1.29 is 0 Å². The van der Waals surface area contributed by atoms with E-state index in [0.29, 0.717) is 6.54 Å². The third-order valence-corrected chi connectivity index (χ3v) is 3.17. The topological polar surface area (TPSA) is 39.8 Å². The fourth-order valence-corrected chi connectivity index (χ4v) is 2.35. The van der Waals surface area contributed by atoms with Gasteiger partial charge in [-0.1, -0.05) is 0 Å². The molecule has 0 aliphatic heterocycles. The summed E-state index contributed by atoms with van der Waals surface area (Å²) >= 11 is 3.40. The molecule has 2 rings (SSSR count). The molecule has 2 heterocycles. The molecule has 4 nitrogen and oxygen atoms in total. The Bertz CT molecular complexity index is 586. The van der Waals surface area contributed by atoms with E-state index in [0.717, 1.165) is 22.4 Å². The zero-order valence-corrected chi connectivity index (χ0v) is 11.4. The molecule has 0 aromatic carbocycles. The second-order valence-electron chi connectivity index (χ2n) is 4.01. The van der Waals surface area contributed by atoms with E-state index in [1.165, 1.54) is 0 Å². The first-order valence-electron chi connectivity index (χ1n) is 5.42. The fourth-order valence-electron chi connectivity index (χ4n) is 1.76. The van der Waals surface area contributed by atoms with Gasteiger partial charge >= 0.3 is 0 Å². The molecule has 0 amide bonds. The van der Waals surface area contributed by atoms with E-state index in [1.54, 1.807) is 10.8 Å². The van der Waals surface area contributed by atoms with Gasteiger partial charge in [0.25, 0.3) is 5.56 Å². The van der Waals surface area contributed by atoms with Gasteiger partial charge in [0.15, 0.2) is 0 Å². The molecule has 2 aromatic heterocycles. The smallest absolute Gasteiger partial charge is 0.253 e. The lowest BCUT2D eigenvalue weighted by atomic mass is 10.3. The summed E-state index contributed by atoms with van der Waals surface area (Å²) in [6.45, 7) is 5.18. The summed E-state index contributed by atoms with van der Waals surface area (Å²) < 4.78 is 4.68. The summed E-state index contributed by atoms with van der Waals surface area (Å²) in [5, 5.41) is 0. The van der Waals surface area contributed by atoms with E-state index >= 15 is 0 Å². The quantitative estimate of drug-likeness (QED) is 0.870. The molecule has 0 saturated heterocycles. The summed E-state index contributed by atoms with van der Waals surface area (Å²) in [5.41, 5.74) is 0.813. The molecular weight excluding hydrogens is 282 g/mol. The largest absolute Gasteiger partial charge is 0.333 e. The predicted octanol–water partition coefficient (Wildman–Crippen LogP) is 2.12. The molecule has 0 atom stereocenters. The maximum Gasteiger partial charge on any atom is 0.253 e. The number of imidazole rings is 1. The van der Waals surface area contributed by atoms with Gasteiger partial charge in [0.2, 0.25) is 0 Å². The van der Waals surface area contributed by atoms with Crippen LogP contribution in [-0.4, -0.2) is 14.1 Å². The van der Waals surface area contributed by atoms with Gasteiger partial charge in [0.1, 0.15) is 5.82 Å². The number of hydrogen-bond acceptors (Lipinski definition) is 2. The Morgan fingerprint density at radius 2 is 2.00 bits per heavy atom. The predicted molar refractivity (Wildman–Crippen MR) is 70.1 cm³/mol. The second-order valence-corrected chi connectivity index (χ2v) is 4.92. The van der Waals surface area contributed by atoms with Crippen LogP contribution in [0, 0.1) is 13.8 Å². The Labute approximate surface area is 108 Å². The van der Waals surface area contributed by atoms with Crippen LogP contribution in [0.25, 0.3) is 0 Å². The van der Waals surface area contributed by atoms with E-state index in [1.807, 2.05) is 36.9 Å². The highest BCUT2D eigenvalue weighted by atomic mass is 79.9. The average Bonchev–Trinajstić information content (AvgIpc) is 2.67. The third-order valence-electron chi connectivity index (χ3n) is 2.74. The van der Waals surface area contributed by atoms with E-state index in [4.69, 9.17) is 0 Å². The van der Waals surface area contributed by atoms with Crippen molar-refractivity contribution in [2.75, 3.05) is 0 Å². The zero-order chi connectivity index (χ0) is 12.4. The number of pyridine rings is 1. The van der Waals surface area contributed by atoms with Gasteiger partial charge in [-0.2, -0.15) is 0 Å². The van der Waals surface area contributed by atoms with Crippen molar-refractivity contribution in [3.8, 4) is 0 Å². The van der Waals surface area contributed by atoms with E-state index in [2.05, 4.69) is 20.9 Å². The van der Waals surface area contributed by atoms with E-state index < -0.39 is 0 Å². The van der Waals surface area contributed by atoms with Crippen LogP contribution in [0.15, 0.2) is 33.9 Å². The first-order valence-corrected chi connectivity index (χ1v) is 6.21. The van der Waals surface area contributed by atoms with Crippen LogP contribution in [0.2, 0.25) is 0 Å². The normalized spacial score (nSPS) is 10.8. The second kappa shape index (κ2) is 4.87. The summed E-state index contributed by atoms with van der Waals surface area (Å²) in [7, 11) is 0. The molecular formula is C12H14BrN3O. The highest BCUT2D eigenvalue weighted by Crippen LogP contribution is 2.08. The maximum absolute atomic E-state index is 11.9. The van der Waals surface area contributed by atoms with Crippen molar-refractivity contribution in [2.45, 2.75) is 26.9 Å². The Morgan fingerprint density at radius 3 is 2.65 bits per heavy atom. The van der Waals surface area contributed by atoms with Gasteiger partial charge in [-0.3, -0.25) is 4.79 Å². The van der Waals surface area contributed by atoms with Crippen LogP contribution < -0.4 is 5.56 Å². The lowest BCUT2D eigenvalue weighted by Crippen LogP contribution is -2.23. The Kier molecular flexibility index (Phi) is 3.47. The summed E-state index contributed by atoms with van der Waals surface area (Å²) in [4.78, 5) is 16.0. The van der Waals surface area contributed by atoms with Gasteiger partial charge in [-0.15, -0.1) is 0 Å². The summed E-state index contributed by atoms with van der Waals surface area (Å²) in [6.07, 6.45) is 5.51. The van der Waals surface area contributed by atoms with Crippen LogP contribution >= 0.6 is 15.9 Å². The molecule has 0 unspecified atom stereocenters. The van der Waals surface area contributed by atoms with Gasteiger partial charge in [-0.05, 0) is 35.8 Å². The van der Waals surface area contributed by atoms with Crippen molar-refractivity contribution in [3.63, 3.8) is 0 Å². The lowest BCUT2D eigenvalue weighted by molar-refractivity contribution is 0.553. The Hall–Kier alpha value is -1.36. The third kappa shape index (κ3) is 2.66. The Balaban J connectivity index is 2.20. The maximum atomic E-state index is 11.9. The monoisotopic (exact) mass is 295 g/mol. The molecule has 0 aliphatic carbocycles. The SMILES string of the molecule is Cc1cc(Br)cn(CCn2ccnc2C)c1=O. The average molecular weight is 296 g/mol. The van der Waals surface area contributed by atoms with E-state index in [9.17, 15) is 4.79 Å². The van der Waals surface area contributed by atoms with Crippen molar-refractivity contribution in [2.24, 2.45) is 0 Å². The minimum Gasteiger partial charge on any atom is -0.333 e. The molecule has 0 aliphatic rings. The molecule has 2 aromatic rings. The van der Waals surface area contributed by atoms with Gasteiger partial charge in [0, 0.05) is 41.7 Å². The van der Waals surface area contributed by atoms with Crippen LogP contribution in [0.3, 0.4) is 0 Å². The molecule has 0 bridgehead atoms. The van der Waals surface area contributed by atoms with Crippen LogP contribution in [-0.2, 0) is 13.1 Å². The number of rotatable bonds is 3. The molecule has 0 fully saturated rings. The molecule has 0 spiro atoms. The van der Waals surface area contributed by atoms with Gasteiger partial charge in [0.05, 0.1) is 0 Å². The molecule has 90 valence electrons. The van der Waals surface area contributed by atoms with Crippen molar-refractivity contribution >= 4 is 15.9 Å². The lowest BCUT2D eigenvalue weighted by Gasteiger charge is -2.09. The van der Waals surface area contributed by atoms with Gasteiger partial charge in [-0.25, -0.2) is 4.98 Å². The minimum absolute atomic E-state index is 0.0611. The Morgan fingerprint density at radius 1 is 1.29 bits per heavy atom. The van der Waals surface area contributed by atoms with E-state index in [-0.39, 0.29) is 5.56 Å². The molecule has 0 saturated carbocycles. The van der Waals surface area contributed by atoms with Crippen molar-refractivity contribution in [1.82, 2.24) is 14.1 Å². The number of aryl methyl sites for hydroxylation is 4. The van der Waals surface area contributed by atoms with Crippen molar-refractivity contribution in [3.05, 3.63) is 50.9 Å². The molecule has 5 heteroatoms. The number of nitrogens with zero attached hydrogens (tertiary/aromatic N) is 3. The van der Waals surface area contributed by atoms with Crippen LogP contribution in [0.4, 0.5) is 0 Å². The van der Waals surface area contributed by atoms with Gasteiger partial charge < -0.3 is 9.13 Å². The molecule has 0 N–H and O–H groups in total. The zero-order valence-electron chi connectivity index (χ0n) is 9.85. The van der Waals surface area contributed by atoms with Crippen LogP contribution in [0.1, 0.15) is 11.4 Å². The number of aromatic nitrogens is 3. The number of hydrogen-bond donors (Lipinski definition) is 0. The number of halogens is 1. The molecule has 0 radical (unpaired) electrons. The van der Waals surface area contributed by atoms with Crippen LogP contribution in [0.5, 0.6) is 0 Å². The first-order chi connectivity index (χ1) is 8.08. The highest BCUT2D eigenvalue weighted by molar-refractivity contribution is 9.10. The van der Waals surface area contributed by atoms with Crippen molar-refractivity contribution in [1.29, 1.82) is 0 Å². The summed E-state index contributed by atoms with van der Waals surface area (Å²) in [5.74, 6) is 0.963. The fraction of sp³-hybridized carbons (Fsp3) is 0.333. The summed E-state index contributed by atoms with van der Waals surface area (Å²) in [6, 6.07) is 1.83. The molecule has 17 heavy (non-hydrogen) atoms. The first kappa shape index (κ1) is 12.1. The minimum atomic E-state index is 0.0611.